The molecule has 0 radical (unpaired) electrons. The van der Waals surface area contributed by atoms with Gasteiger partial charge < -0.3 is 9.52 Å². The number of furan rings is 1. The number of thiophene rings is 1. The fourth-order valence-electron chi connectivity index (χ4n) is 2.61. The Bertz CT molecular complexity index is 1160. The standard InChI is InChI=1S/C20H13Br2N3O3S2/c21-13-7-12(18(26)16(22)8-13)10-23-24-20-25(11-14-3-1-5-28-14)19(27)17(30-20)9-15-4-2-6-29-15/h1-10,26H,11H2/b17-9-,23-10+,24-20-. The lowest BCUT2D eigenvalue weighted by Crippen LogP contribution is -2.28. The first-order valence-electron chi connectivity index (χ1n) is 8.57. The quantitative estimate of drug-likeness (QED) is 0.231. The Morgan fingerprint density at radius 1 is 1.23 bits per heavy atom. The highest BCUT2D eigenvalue weighted by molar-refractivity contribution is 9.11. The molecule has 4 rings (SSSR count). The molecule has 0 spiro atoms. The van der Waals surface area contributed by atoms with Crippen molar-refractivity contribution in [2.75, 3.05) is 0 Å². The number of amides is 1. The number of halogens is 2. The maximum atomic E-state index is 13.0. The fraction of sp³-hybridized carbons (Fsp3) is 0.0500. The molecule has 1 aliphatic heterocycles. The second-order valence-corrected chi connectivity index (χ2v) is 9.81. The Morgan fingerprint density at radius 3 is 2.83 bits per heavy atom. The van der Waals surface area contributed by atoms with Crippen LogP contribution >= 0.6 is 55.0 Å². The first-order valence-corrected chi connectivity index (χ1v) is 11.9. The predicted molar refractivity (Wildman–Crippen MR) is 128 cm³/mol. The molecule has 10 heteroatoms. The van der Waals surface area contributed by atoms with Crippen LogP contribution in [0.1, 0.15) is 16.2 Å². The molecule has 3 heterocycles. The highest BCUT2D eigenvalue weighted by Crippen LogP contribution is 2.35. The highest BCUT2D eigenvalue weighted by Gasteiger charge is 2.34. The maximum absolute atomic E-state index is 13.0. The van der Waals surface area contributed by atoms with E-state index >= 15 is 0 Å². The van der Waals surface area contributed by atoms with Crippen LogP contribution in [0.2, 0.25) is 0 Å². The number of benzene rings is 1. The molecule has 1 amide bonds. The smallest absolute Gasteiger partial charge is 0.267 e. The van der Waals surface area contributed by atoms with E-state index in [-0.39, 0.29) is 18.2 Å². The zero-order chi connectivity index (χ0) is 21.1. The van der Waals surface area contributed by atoms with Crippen molar-refractivity contribution in [2.24, 2.45) is 10.2 Å². The van der Waals surface area contributed by atoms with E-state index in [9.17, 15) is 9.90 Å². The molecular formula is C20H13Br2N3O3S2. The minimum atomic E-state index is -0.160. The van der Waals surface area contributed by atoms with E-state index in [1.165, 1.54) is 22.9 Å². The molecule has 1 aromatic carbocycles. The molecule has 0 unspecified atom stereocenters. The Hall–Kier alpha value is -2.14. The zero-order valence-corrected chi connectivity index (χ0v) is 20.0. The average molecular weight is 567 g/mol. The van der Waals surface area contributed by atoms with Gasteiger partial charge in [-0.25, -0.2) is 0 Å². The number of nitrogens with zero attached hydrogens (tertiary/aromatic N) is 3. The zero-order valence-electron chi connectivity index (χ0n) is 15.2. The molecule has 152 valence electrons. The van der Waals surface area contributed by atoms with Gasteiger partial charge in [-0.2, -0.15) is 5.10 Å². The Morgan fingerprint density at radius 2 is 2.10 bits per heavy atom. The number of hydrogen-bond donors (Lipinski definition) is 1. The van der Waals surface area contributed by atoms with Crippen molar-refractivity contribution < 1.29 is 14.3 Å². The van der Waals surface area contributed by atoms with Gasteiger partial charge in [0.2, 0.25) is 0 Å². The summed E-state index contributed by atoms with van der Waals surface area (Å²) in [6.07, 6.45) is 4.85. The molecule has 3 aromatic rings. The summed E-state index contributed by atoms with van der Waals surface area (Å²) >= 11 is 9.47. The van der Waals surface area contributed by atoms with E-state index in [2.05, 4.69) is 42.1 Å². The Labute approximate surface area is 197 Å². The van der Waals surface area contributed by atoms with Crippen LogP contribution in [0.5, 0.6) is 5.75 Å². The van der Waals surface area contributed by atoms with Gasteiger partial charge in [-0.15, -0.1) is 16.4 Å². The fourth-order valence-corrected chi connectivity index (χ4v) is 5.52. The lowest BCUT2D eigenvalue weighted by molar-refractivity contribution is -0.122. The Balaban J connectivity index is 1.64. The number of rotatable bonds is 5. The number of aromatic hydroxyl groups is 1. The maximum Gasteiger partial charge on any atom is 0.267 e. The highest BCUT2D eigenvalue weighted by atomic mass is 79.9. The van der Waals surface area contributed by atoms with E-state index < -0.39 is 0 Å². The van der Waals surface area contributed by atoms with Crippen molar-refractivity contribution in [3.05, 3.63) is 78.1 Å². The third-order valence-corrected chi connectivity index (χ3v) is 6.88. The summed E-state index contributed by atoms with van der Waals surface area (Å²) in [6.45, 7) is 0.253. The number of phenolic OH excluding ortho intramolecular Hbond substituents is 1. The Kier molecular flexibility index (Phi) is 6.57. The summed E-state index contributed by atoms with van der Waals surface area (Å²) in [6, 6.07) is 10.9. The first-order chi connectivity index (χ1) is 14.5. The van der Waals surface area contributed by atoms with Crippen molar-refractivity contribution in [1.29, 1.82) is 0 Å². The van der Waals surface area contributed by atoms with Crippen LogP contribution in [-0.4, -0.2) is 27.3 Å². The molecule has 2 aromatic heterocycles. The second kappa shape index (κ2) is 9.34. The number of phenols is 1. The van der Waals surface area contributed by atoms with E-state index in [0.29, 0.717) is 25.9 Å². The molecule has 6 nitrogen and oxygen atoms in total. The van der Waals surface area contributed by atoms with Gasteiger partial charge in [0.15, 0.2) is 5.17 Å². The number of hydrogen-bond acceptors (Lipinski definition) is 7. The van der Waals surface area contributed by atoms with Crippen molar-refractivity contribution >= 4 is 78.3 Å². The summed E-state index contributed by atoms with van der Waals surface area (Å²) in [5.41, 5.74) is 0.488. The molecule has 1 fully saturated rings. The molecule has 1 aliphatic rings. The van der Waals surface area contributed by atoms with Gasteiger partial charge in [-0.05, 0) is 69.5 Å². The van der Waals surface area contributed by atoms with Gasteiger partial charge >= 0.3 is 0 Å². The molecule has 0 saturated carbocycles. The van der Waals surface area contributed by atoms with Gasteiger partial charge in [0, 0.05) is 14.9 Å². The summed E-state index contributed by atoms with van der Waals surface area (Å²) in [5, 5.41) is 20.9. The van der Waals surface area contributed by atoms with Crippen molar-refractivity contribution in [1.82, 2.24) is 4.90 Å². The van der Waals surface area contributed by atoms with Gasteiger partial charge in [-0.3, -0.25) is 9.69 Å². The normalized spacial score (nSPS) is 17.1. The monoisotopic (exact) mass is 565 g/mol. The van der Waals surface area contributed by atoms with Crippen molar-refractivity contribution in [3.63, 3.8) is 0 Å². The SMILES string of the molecule is O=C1/C(=C/c2cccs2)S/C(=N\N=C\c2cc(Br)cc(Br)c2O)N1Cc1ccco1. The summed E-state index contributed by atoms with van der Waals surface area (Å²) in [4.78, 5) is 16.0. The largest absolute Gasteiger partial charge is 0.506 e. The average Bonchev–Trinajstić information content (AvgIpc) is 3.46. The molecule has 1 saturated heterocycles. The van der Waals surface area contributed by atoms with E-state index in [1.54, 1.807) is 41.9 Å². The third kappa shape index (κ3) is 4.77. The van der Waals surface area contributed by atoms with Crippen molar-refractivity contribution in [2.45, 2.75) is 6.54 Å². The van der Waals surface area contributed by atoms with Gasteiger partial charge in [0.1, 0.15) is 11.5 Å². The van der Waals surface area contributed by atoms with Crippen LogP contribution in [-0.2, 0) is 11.3 Å². The topological polar surface area (TPSA) is 78.4 Å². The minimum absolute atomic E-state index is 0.0584. The minimum Gasteiger partial charge on any atom is -0.506 e. The van der Waals surface area contributed by atoms with Gasteiger partial charge in [0.25, 0.3) is 5.91 Å². The van der Waals surface area contributed by atoms with Crippen LogP contribution in [0, 0.1) is 0 Å². The van der Waals surface area contributed by atoms with Crippen LogP contribution < -0.4 is 0 Å². The summed E-state index contributed by atoms with van der Waals surface area (Å²) in [7, 11) is 0. The number of carbonyl (C=O) groups is 1. The van der Waals surface area contributed by atoms with E-state index in [0.717, 1.165) is 9.35 Å². The number of amidine groups is 1. The molecule has 1 N–H and O–H groups in total. The summed E-state index contributed by atoms with van der Waals surface area (Å²) < 4.78 is 6.72. The van der Waals surface area contributed by atoms with Crippen LogP contribution in [0.4, 0.5) is 0 Å². The molecular weight excluding hydrogens is 554 g/mol. The number of thioether (sulfide) groups is 1. The van der Waals surface area contributed by atoms with E-state index in [1.807, 2.05) is 23.6 Å². The summed E-state index contributed by atoms with van der Waals surface area (Å²) in [5.74, 6) is 0.543. The first kappa shape index (κ1) is 21.1. The molecule has 0 aliphatic carbocycles. The lowest BCUT2D eigenvalue weighted by atomic mass is 10.2. The predicted octanol–water partition coefficient (Wildman–Crippen LogP) is 6.08. The molecule has 0 bridgehead atoms. The third-order valence-electron chi connectivity index (χ3n) is 4.00. The second-order valence-electron chi connectivity index (χ2n) is 6.05. The van der Waals surface area contributed by atoms with Crippen molar-refractivity contribution in [3.8, 4) is 5.75 Å². The molecule has 0 atom stereocenters. The van der Waals surface area contributed by atoms with Crippen LogP contribution in [0.25, 0.3) is 6.08 Å². The van der Waals surface area contributed by atoms with Crippen LogP contribution in [0.15, 0.2) is 76.5 Å². The van der Waals surface area contributed by atoms with Gasteiger partial charge in [-0.1, -0.05) is 22.0 Å². The van der Waals surface area contributed by atoms with Crippen LogP contribution in [0.3, 0.4) is 0 Å². The van der Waals surface area contributed by atoms with Gasteiger partial charge in [0.05, 0.1) is 28.4 Å². The molecule has 30 heavy (non-hydrogen) atoms. The lowest BCUT2D eigenvalue weighted by Gasteiger charge is -2.12. The van der Waals surface area contributed by atoms with E-state index in [4.69, 9.17) is 4.42 Å². The number of carbonyl (C=O) groups excluding carboxylic acids is 1.